The number of fused-ring (bicyclic) bond motifs is 1. The molecule has 0 amide bonds. The van der Waals surface area contributed by atoms with Crippen LogP contribution in [0.15, 0.2) is 24.3 Å². The number of esters is 1. The largest absolute Gasteiger partial charge is 0.422 e. The van der Waals surface area contributed by atoms with Gasteiger partial charge in [-0.1, -0.05) is 18.2 Å². The van der Waals surface area contributed by atoms with Gasteiger partial charge in [-0.2, -0.15) is 8.42 Å². The van der Waals surface area contributed by atoms with E-state index < -0.39 is 19.9 Å². The summed E-state index contributed by atoms with van der Waals surface area (Å²) >= 11 is 2.72. The maximum absolute atomic E-state index is 11.3. The van der Waals surface area contributed by atoms with Crippen molar-refractivity contribution >= 4 is 32.0 Å². The number of cyclic esters (lactones) is 1. The zero-order valence-electron chi connectivity index (χ0n) is 7.18. The molecule has 1 aliphatic rings. The molecule has 5 nitrogen and oxygen atoms in total. The molecule has 1 unspecified atom stereocenters. The standard InChI is InChI=1S/C8H5BrO5S/c9-8(15(11,12)13)6-4-2-1-3-5(6)7(10)14-8/h1-4H,(H,11,12,13). The minimum absolute atomic E-state index is 0.0810. The molecular formula is C8H5BrO5S. The average Bonchev–Trinajstić information content (AvgIpc) is 2.41. The SMILES string of the molecule is O=C1OC(Br)(S(=O)(=O)O)c2ccccc21. The fourth-order valence-electron chi connectivity index (χ4n) is 1.34. The van der Waals surface area contributed by atoms with Gasteiger partial charge < -0.3 is 4.74 Å². The second-order valence-corrected chi connectivity index (χ2v) is 6.11. The van der Waals surface area contributed by atoms with Gasteiger partial charge in [0.05, 0.1) is 5.56 Å². The summed E-state index contributed by atoms with van der Waals surface area (Å²) in [4.78, 5) is 11.3. The molecule has 0 bridgehead atoms. The molecule has 1 aliphatic heterocycles. The first-order valence-electron chi connectivity index (χ1n) is 3.85. The van der Waals surface area contributed by atoms with Crippen LogP contribution in [0.5, 0.6) is 0 Å². The molecule has 0 fully saturated rings. The summed E-state index contributed by atoms with van der Waals surface area (Å²) in [6.45, 7) is 0. The molecule has 7 heteroatoms. The number of hydrogen-bond acceptors (Lipinski definition) is 4. The summed E-state index contributed by atoms with van der Waals surface area (Å²) in [5, 5.41) is 0. The van der Waals surface area contributed by atoms with Crippen LogP contribution < -0.4 is 0 Å². The maximum atomic E-state index is 11.3. The number of halogens is 1. The molecule has 0 aromatic heterocycles. The Bertz CT molecular complexity index is 538. The van der Waals surface area contributed by atoms with E-state index in [1.54, 1.807) is 12.1 Å². The Balaban J connectivity index is 2.74. The van der Waals surface area contributed by atoms with Crippen molar-refractivity contribution in [2.24, 2.45) is 0 Å². The van der Waals surface area contributed by atoms with Gasteiger partial charge in [0.15, 0.2) is 0 Å². The van der Waals surface area contributed by atoms with Gasteiger partial charge in [-0.25, -0.2) is 4.79 Å². The molecule has 0 spiro atoms. The lowest BCUT2D eigenvalue weighted by Crippen LogP contribution is -2.28. The minimum atomic E-state index is -4.57. The van der Waals surface area contributed by atoms with Crippen LogP contribution in [-0.2, 0) is 18.7 Å². The van der Waals surface area contributed by atoms with Gasteiger partial charge in [-0.3, -0.25) is 4.55 Å². The van der Waals surface area contributed by atoms with Crippen molar-refractivity contribution < 1.29 is 22.5 Å². The van der Waals surface area contributed by atoms with E-state index in [-0.39, 0.29) is 11.1 Å². The highest BCUT2D eigenvalue weighted by molar-refractivity contribution is 9.11. The molecule has 15 heavy (non-hydrogen) atoms. The fraction of sp³-hybridized carbons (Fsp3) is 0.125. The van der Waals surface area contributed by atoms with E-state index in [1.165, 1.54) is 12.1 Å². The van der Waals surface area contributed by atoms with Gasteiger partial charge in [-0.05, 0) is 22.0 Å². The lowest BCUT2D eigenvalue weighted by molar-refractivity contribution is 0.0452. The third-order valence-electron chi connectivity index (χ3n) is 2.02. The summed E-state index contributed by atoms with van der Waals surface area (Å²) in [6, 6.07) is 5.93. The number of ether oxygens (including phenoxy) is 1. The molecule has 0 saturated carbocycles. The molecule has 1 aromatic rings. The Hall–Kier alpha value is -0.920. The molecule has 80 valence electrons. The van der Waals surface area contributed by atoms with Crippen LogP contribution in [0.25, 0.3) is 0 Å². The Morgan fingerprint density at radius 1 is 1.33 bits per heavy atom. The second-order valence-electron chi connectivity index (χ2n) is 2.95. The Kier molecular flexibility index (Phi) is 2.14. The first-order chi connectivity index (χ1) is 6.86. The molecule has 1 heterocycles. The molecule has 1 atom stereocenters. The van der Waals surface area contributed by atoms with Crippen molar-refractivity contribution in [3.05, 3.63) is 35.4 Å². The smallest absolute Gasteiger partial charge is 0.341 e. The van der Waals surface area contributed by atoms with Gasteiger partial charge >= 0.3 is 19.9 Å². The number of rotatable bonds is 1. The predicted octanol–water partition coefficient (Wildman–Crippen LogP) is 1.25. The van der Waals surface area contributed by atoms with Crippen LogP contribution in [0.2, 0.25) is 0 Å². The maximum Gasteiger partial charge on any atom is 0.341 e. The molecule has 0 aliphatic carbocycles. The number of carbonyl (C=O) groups excluding carboxylic acids is 1. The third-order valence-corrected chi connectivity index (χ3v) is 4.81. The minimum Gasteiger partial charge on any atom is -0.422 e. The van der Waals surface area contributed by atoms with E-state index in [9.17, 15) is 13.2 Å². The number of hydrogen-bond donors (Lipinski definition) is 1. The summed E-state index contributed by atoms with van der Waals surface area (Å²) in [5.74, 6) is -0.792. The van der Waals surface area contributed by atoms with Gasteiger partial charge in [0.2, 0.25) is 0 Å². The molecule has 1 N–H and O–H groups in total. The Labute approximate surface area is 93.9 Å². The first kappa shape index (κ1) is 10.6. The third kappa shape index (κ3) is 1.38. The highest BCUT2D eigenvalue weighted by atomic mass is 79.9. The molecule has 1 aromatic carbocycles. The number of carbonyl (C=O) groups is 1. The van der Waals surface area contributed by atoms with E-state index in [4.69, 9.17) is 4.55 Å². The normalized spacial score (nSPS) is 24.8. The quantitative estimate of drug-likeness (QED) is 0.479. The summed E-state index contributed by atoms with van der Waals surface area (Å²) in [5.41, 5.74) is 0.199. The lowest BCUT2D eigenvalue weighted by Gasteiger charge is -2.17. The first-order valence-corrected chi connectivity index (χ1v) is 6.08. The molecular weight excluding hydrogens is 288 g/mol. The predicted molar refractivity (Wildman–Crippen MR) is 54.0 cm³/mol. The second kappa shape index (κ2) is 3.03. The number of alkyl halides is 1. The zero-order chi connectivity index (χ0) is 11.3. The van der Waals surface area contributed by atoms with Gasteiger partial charge in [0.1, 0.15) is 0 Å². The topological polar surface area (TPSA) is 80.7 Å². The Morgan fingerprint density at radius 2 is 1.93 bits per heavy atom. The zero-order valence-corrected chi connectivity index (χ0v) is 9.58. The molecule has 0 radical (unpaired) electrons. The highest BCUT2D eigenvalue weighted by Gasteiger charge is 2.53. The van der Waals surface area contributed by atoms with Crippen molar-refractivity contribution in [3.8, 4) is 0 Å². The lowest BCUT2D eigenvalue weighted by atomic mass is 10.1. The Morgan fingerprint density at radius 3 is 2.53 bits per heavy atom. The van der Waals surface area contributed by atoms with Crippen LogP contribution in [0, 0.1) is 0 Å². The van der Waals surface area contributed by atoms with Crippen molar-refractivity contribution in [3.63, 3.8) is 0 Å². The van der Waals surface area contributed by atoms with Crippen molar-refractivity contribution in [1.82, 2.24) is 0 Å². The van der Waals surface area contributed by atoms with E-state index in [1.807, 2.05) is 0 Å². The monoisotopic (exact) mass is 292 g/mol. The molecule has 2 rings (SSSR count). The van der Waals surface area contributed by atoms with Crippen molar-refractivity contribution in [2.45, 2.75) is 3.84 Å². The van der Waals surface area contributed by atoms with E-state index in [0.29, 0.717) is 0 Å². The average molecular weight is 293 g/mol. The van der Waals surface area contributed by atoms with Gasteiger partial charge in [-0.15, -0.1) is 0 Å². The van der Waals surface area contributed by atoms with E-state index in [0.717, 1.165) is 0 Å². The van der Waals surface area contributed by atoms with Crippen LogP contribution in [0.4, 0.5) is 0 Å². The highest BCUT2D eigenvalue weighted by Crippen LogP contribution is 2.45. The van der Waals surface area contributed by atoms with Crippen molar-refractivity contribution in [2.75, 3.05) is 0 Å². The van der Waals surface area contributed by atoms with Crippen molar-refractivity contribution in [1.29, 1.82) is 0 Å². The number of benzene rings is 1. The van der Waals surface area contributed by atoms with Crippen LogP contribution in [0.1, 0.15) is 15.9 Å². The van der Waals surface area contributed by atoms with Gasteiger partial charge in [0, 0.05) is 5.56 Å². The van der Waals surface area contributed by atoms with Gasteiger partial charge in [0.25, 0.3) is 0 Å². The summed E-state index contributed by atoms with van der Waals surface area (Å²) in [7, 11) is -4.57. The summed E-state index contributed by atoms with van der Waals surface area (Å²) < 4.78 is 33.6. The fourth-order valence-corrected chi connectivity index (χ4v) is 2.47. The van der Waals surface area contributed by atoms with Crippen LogP contribution in [-0.4, -0.2) is 18.9 Å². The summed E-state index contributed by atoms with van der Waals surface area (Å²) in [6.07, 6.45) is 0. The van der Waals surface area contributed by atoms with Crippen LogP contribution >= 0.6 is 15.9 Å². The van der Waals surface area contributed by atoms with E-state index in [2.05, 4.69) is 20.7 Å². The van der Waals surface area contributed by atoms with E-state index >= 15 is 0 Å². The van der Waals surface area contributed by atoms with Crippen LogP contribution in [0.3, 0.4) is 0 Å². The molecule has 0 saturated heterocycles.